The van der Waals surface area contributed by atoms with E-state index in [1.54, 1.807) is 10.4 Å². The number of nitrogens with zero attached hydrogens (tertiary/aromatic N) is 2. The predicted molar refractivity (Wildman–Crippen MR) is 101 cm³/mol. The molecule has 5 nitrogen and oxygen atoms in total. The fraction of sp³-hybridized carbons (Fsp3) is 0.444. The lowest BCUT2D eigenvalue weighted by molar-refractivity contribution is 0.122. The van der Waals surface area contributed by atoms with Gasteiger partial charge >= 0.3 is 0 Å². The second-order valence-corrected chi connectivity index (χ2v) is 9.57. The van der Waals surface area contributed by atoms with E-state index in [9.17, 15) is 8.42 Å². The van der Waals surface area contributed by atoms with Crippen LogP contribution < -0.4 is 9.21 Å². The Hall–Kier alpha value is -1.57. The molecule has 0 spiro atoms. The van der Waals surface area contributed by atoms with Crippen molar-refractivity contribution in [3.8, 4) is 0 Å². The number of hydrogen-bond acceptors (Lipinski definition) is 5. The van der Waals surface area contributed by atoms with Gasteiger partial charge in [-0.3, -0.25) is 4.31 Å². The van der Waals surface area contributed by atoms with E-state index in [-0.39, 0.29) is 0 Å². The fourth-order valence-electron chi connectivity index (χ4n) is 3.40. The first-order valence-electron chi connectivity index (χ1n) is 8.66. The Labute approximate surface area is 152 Å². The SMILES string of the molecule is CCc1ccc(S(=O)(=O)N2CCc3ccc(N4CCOCC4)cc32)s1. The van der Waals surface area contributed by atoms with E-state index in [1.165, 1.54) is 11.3 Å². The average Bonchev–Trinajstić information content (AvgIpc) is 3.29. The zero-order valence-corrected chi connectivity index (χ0v) is 15.9. The molecule has 1 aromatic heterocycles. The van der Waals surface area contributed by atoms with Gasteiger partial charge in [0.05, 0.1) is 18.9 Å². The smallest absolute Gasteiger partial charge is 0.273 e. The van der Waals surface area contributed by atoms with Crippen molar-refractivity contribution >= 4 is 32.7 Å². The number of morpholine rings is 1. The zero-order chi connectivity index (χ0) is 17.4. The van der Waals surface area contributed by atoms with Gasteiger partial charge in [0.1, 0.15) is 4.21 Å². The maximum atomic E-state index is 13.1. The third-order valence-corrected chi connectivity index (χ3v) is 8.34. The lowest BCUT2D eigenvalue weighted by atomic mass is 10.1. The van der Waals surface area contributed by atoms with Crippen molar-refractivity contribution in [2.45, 2.75) is 24.0 Å². The van der Waals surface area contributed by atoms with Gasteiger partial charge in [-0.15, -0.1) is 11.3 Å². The fourth-order valence-corrected chi connectivity index (χ4v) is 6.31. The minimum atomic E-state index is -3.48. The first-order chi connectivity index (χ1) is 12.1. The Bertz CT molecular complexity index is 870. The van der Waals surface area contributed by atoms with Crippen LogP contribution in [0.25, 0.3) is 0 Å². The molecule has 1 fully saturated rings. The van der Waals surface area contributed by atoms with Gasteiger partial charge < -0.3 is 9.64 Å². The summed E-state index contributed by atoms with van der Waals surface area (Å²) in [5.74, 6) is 0. The number of fused-ring (bicyclic) bond motifs is 1. The monoisotopic (exact) mass is 378 g/mol. The molecule has 25 heavy (non-hydrogen) atoms. The summed E-state index contributed by atoms with van der Waals surface area (Å²) in [6.45, 7) is 5.68. The number of aryl methyl sites for hydroxylation is 1. The molecule has 0 unspecified atom stereocenters. The molecule has 1 saturated heterocycles. The van der Waals surface area contributed by atoms with Crippen LogP contribution in [0.3, 0.4) is 0 Å². The number of hydrogen-bond donors (Lipinski definition) is 0. The molecule has 0 N–H and O–H groups in total. The van der Waals surface area contributed by atoms with Gasteiger partial charge in [-0.1, -0.05) is 13.0 Å². The van der Waals surface area contributed by atoms with Crippen LogP contribution in [0.4, 0.5) is 11.4 Å². The summed E-state index contributed by atoms with van der Waals surface area (Å²) in [6, 6.07) is 9.85. The van der Waals surface area contributed by atoms with Crippen molar-refractivity contribution in [3.63, 3.8) is 0 Å². The molecule has 0 radical (unpaired) electrons. The molecular formula is C18H22N2O3S2. The van der Waals surface area contributed by atoms with Crippen LogP contribution in [-0.2, 0) is 27.6 Å². The molecule has 1 aromatic carbocycles. The van der Waals surface area contributed by atoms with Gasteiger partial charge in [-0.2, -0.15) is 0 Å². The number of thiophene rings is 1. The highest BCUT2D eigenvalue weighted by molar-refractivity contribution is 7.94. The van der Waals surface area contributed by atoms with E-state index in [0.717, 1.165) is 47.7 Å². The summed E-state index contributed by atoms with van der Waals surface area (Å²) in [4.78, 5) is 3.35. The molecule has 0 atom stereocenters. The van der Waals surface area contributed by atoms with Crippen molar-refractivity contribution < 1.29 is 13.2 Å². The van der Waals surface area contributed by atoms with Crippen LogP contribution in [0.15, 0.2) is 34.5 Å². The minimum Gasteiger partial charge on any atom is -0.378 e. The molecule has 4 rings (SSSR count). The van der Waals surface area contributed by atoms with Crippen LogP contribution in [0.2, 0.25) is 0 Å². The Morgan fingerprint density at radius 3 is 2.64 bits per heavy atom. The molecule has 2 aliphatic heterocycles. The van der Waals surface area contributed by atoms with Crippen molar-refractivity contribution in [1.82, 2.24) is 0 Å². The molecule has 134 valence electrons. The maximum absolute atomic E-state index is 13.1. The summed E-state index contributed by atoms with van der Waals surface area (Å²) >= 11 is 1.38. The molecule has 0 aliphatic carbocycles. The van der Waals surface area contributed by atoms with Crippen molar-refractivity contribution in [2.24, 2.45) is 0 Å². The Balaban J connectivity index is 1.68. The van der Waals surface area contributed by atoms with Crippen LogP contribution in [-0.4, -0.2) is 41.3 Å². The first kappa shape index (κ1) is 16.9. The summed E-state index contributed by atoms with van der Waals surface area (Å²) < 4.78 is 33.7. The third kappa shape index (κ3) is 3.05. The third-order valence-electron chi connectivity index (χ3n) is 4.83. The normalized spacial score (nSPS) is 17.8. The van der Waals surface area contributed by atoms with E-state index < -0.39 is 10.0 Å². The van der Waals surface area contributed by atoms with Gasteiger partial charge in [0, 0.05) is 30.2 Å². The van der Waals surface area contributed by atoms with Crippen LogP contribution >= 0.6 is 11.3 Å². The minimum absolute atomic E-state index is 0.439. The largest absolute Gasteiger partial charge is 0.378 e. The number of sulfonamides is 1. The van der Waals surface area contributed by atoms with Gasteiger partial charge in [-0.25, -0.2) is 8.42 Å². The summed E-state index contributed by atoms with van der Waals surface area (Å²) in [5.41, 5.74) is 3.01. The lowest BCUT2D eigenvalue weighted by Gasteiger charge is -2.29. The molecule has 0 bridgehead atoms. The summed E-state index contributed by atoms with van der Waals surface area (Å²) in [7, 11) is -3.48. The number of benzene rings is 1. The number of anilines is 2. The van der Waals surface area contributed by atoms with Crippen LogP contribution in [0.5, 0.6) is 0 Å². The second-order valence-electron chi connectivity index (χ2n) is 6.31. The van der Waals surface area contributed by atoms with Gasteiger partial charge in [0.25, 0.3) is 10.0 Å². The van der Waals surface area contributed by atoms with E-state index >= 15 is 0 Å². The van der Waals surface area contributed by atoms with Crippen LogP contribution in [0.1, 0.15) is 17.4 Å². The molecule has 3 heterocycles. The van der Waals surface area contributed by atoms with E-state index in [2.05, 4.69) is 17.0 Å². The number of rotatable bonds is 4. The predicted octanol–water partition coefficient (Wildman–Crippen LogP) is 2.90. The van der Waals surface area contributed by atoms with Gasteiger partial charge in [0.2, 0.25) is 0 Å². The maximum Gasteiger partial charge on any atom is 0.273 e. The highest BCUT2D eigenvalue weighted by Gasteiger charge is 2.32. The second kappa shape index (κ2) is 6.63. The van der Waals surface area contributed by atoms with Crippen molar-refractivity contribution in [3.05, 3.63) is 40.8 Å². The van der Waals surface area contributed by atoms with Gasteiger partial charge in [-0.05, 0) is 42.7 Å². The molecule has 2 aliphatic rings. The first-order valence-corrected chi connectivity index (χ1v) is 10.9. The van der Waals surface area contributed by atoms with Gasteiger partial charge in [0.15, 0.2) is 0 Å². The van der Waals surface area contributed by atoms with Crippen LogP contribution in [0, 0.1) is 0 Å². The van der Waals surface area contributed by atoms with E-state index in [1.807, 2.05) is 19.1 Å². The highest BCUT2D eigenvalue weighted by Crippen LogP contribution is 2.37. The highest BCUT2D eigenvalue weighted by atomic mass is 32.2. The van der Waals surface area contributed by atoms with Crippen molar-refractivity contribution in [2.75, 3.05) is 42.1 Å². The van der Waals surface area contributed by atoms with E-state index in [4.69, 9.17) is 4.74 Å². The zero-order valence-electron chi connectivity index (χ0n) is 14.3. The molecule has 0 saturated carbocycles. The Morgan fingerprint density at radius 2 is 1.92 bits per heavy atom. The summed E-state index contributed by atoms with van der Waals surface area (Å²) in [5, 5.41) is 0. The molecular weight excluding hydrogens is 356 g/mol. The molecule has 7 heteroatoms. The van der Waals surface area contributed by atoms with E-state index in [0.29, 0.717) is 24.0 Å². The quantitative estimate of drug-likeness (QED) is 0.821. The average molecular weight is 379 g/mol. The number of ether oxygens (including phenoxy) is 1. The molecule has 2 aromatic rings. The summed E-state index contributed by atoms with van der Waals surface area (Å²) in [6.07, 6.45) is 1.63. The standard InChI is InChI=1S/C18H22N2O3S2/c1-2-16-5-6-18(24-16)25(21,22)20-8-7-14-3-4-15(13-17(14)20)19-9-11-23-12-10-19/h3-6,13H,2,7-12H2,1H3. The Kier molecular flexibility index (Phi) is 4.47. The molecule has 0 amide bonds. The topological polar surface area (TPSA) is 49.9 Å². The van der Waals surface area contributed by atoms with Crippen molar-refractivity contribution in [1.29, 1.82) is 0 Å². The Morgan fingerprint density at radius 1 is 1.12 bits per heavy atom. The lowest BCUT2D eigenvalue weighted by Crippen LogP contribution is -2.36.